The number of halogens is 1. The summed E-state index contributed by atoms with van der Waals surface area (Å²) < 4.78 is 5.35. The molecule has 0 aliphatic heterocycles. The molecular weight excluding hydrogens is 426 g/mol. The van der Waals surface area contributed by atoms with Crippen LogP contribution >= 0.6 is 11.6 Å². The third kappa shape index (κ3) is 5.25. The molecule has 0 radical (unpaired) electrons. The number of aryl methyl sites for hydroxylation is 1. The summed E-state index contributed by atoms with van der Waals surface area (Å²) in [6.07, 6.45) is 2.37. The molecule has 7 nitrogen and oxygen atoms in total. The van der Waals surface area contributed by atoms with Crippen LogP contribution in [0.5, 0.6) is 5.75 Å². The van der Waals surface area contributed by atoms with Crippen LogP contribution in [0.4, 0.5) is 0 Å². The molecule has 4 rings (SSSR count). The average Bonchev–Trinajstić information content (AvgIpc) is 3.25. The van der Waals surface area contributed by atoms with Crippen molar-refractivity contribution in [1.82, 2.24) is 25.5 Å². The van der Waals surface area contributed by atoms with Crippen LogP contribution in [0, 0.1) is 6.92 Å². The van der Waals surface area contributed by atoms with Crippen LogP contribution in [0.25, 0.3) is 11.3 Å². The lowest BCUT2D eigenvalue weighted by atomic mass is 10.0. The molecule has 0 fully saturated rings. The largest absolute Gasteiger partial charge is 0.497 e. The second kappa shape index (κ2) is 9.80. The van der Waals surface area contributed by atoms with Gasteiger partial charge in [-0.3, -0.25) is 9.89 Å². The third-order valence-electron chi connectivity index (χ3n) is 5.21. The molecule has 3 N–H and O–H groups in total. The summed E-state index contributed by atoms with van der Waals surface area (Å²) in [4.78, 5) is 19.1. The molecule has 0 spiro atoms. The van der Waals surface area contributed by atoms with E-state index in [4.69, 9.17) is 16.3 Å². The predicted octanol–water partition coefficient (Wildman–Crippen LogP) is 4.20. The van der Waals surface area contributed by atoms with Crippen LogP contribution < -0.4 is 15.6 Å². The molecule has 0 saturated carbocycles. The maximum Gasteiger partial charge on any atom is 0.251 e. The summed E-state index contributed by atoms with van der Waals surface area (Å²) in [7, 11) is 1.65. The van der Waals surface area contributed by atoms with E-state index in [2.05, 4.69) is 25.5 Å². The van der Waals surface area contributed by atoms with Gasteiger partial charge in [-0.05, 0) is 36.8 Å². The Morgan fingerprint density at radius 1 is 1.16 bits per heavy atom. The van der Waals surface area contributed by atoms with Gasteiger partial charge in [0.2, 0.25) is 0 Å². The molecule has 32 heavy (non-hydrogen) atoms. The van der Waals surface area contributed by atoms with Gasteiger partial charge < -0.3 is 15.0 Å². The van der Waals surface area contributed by atoms with Crippen LogP contribution in [0.1, 0.15) is 28.7 Å². The lowest BCUT2D eigenvalue weighted by molar-refractivity contribution is 0.415. The molecule has 1 unspecified atom stereocenters. The number of hydrogen-bond acceptors (Lipinski definition) is 5. The Labute approximate surface area is 190 Å². The summed E-state index contributed by atoms with van der Waals surface area (Å²) >= 11 is 6.09. The van der Waals surface area contributed by atoms with Gasteiger partial charge in [0.15, 0.2) is 0 Å². The van der Waals surface area contributed by atoms with Gasteiger partial charge in [-0.25, -0.2) is 4.98 Å². The normalized spacial score (nSPS) is 12.0. The Hall–Kier alpha value is -3.42. The van der Waals surface area contributed by atoms with Crippen molar-refractivity contribution in [3.8, 4) is 17.0 Å². The third-order valence-corrected chi connectivity index (χ3v) is 5.47. The van der Waals surface area contributed by atoms with E-state index >= 15 is 0 Å². The first-order valence-electron chi connectivity index (χ1n) is 10.2. The average molecular weight is 450 g/mol. The molecule has 8 heteroatoms. The standard InChI is InChI=1S/C24H24ClN5O2/c1-15-28-20(12-23(31)29-15)11-22(16-6-8-19(25)9-7-16)26-13-18-14-27-30-24(18)17-4-3-5-21(10-17)32-2/h3-10,12,14,22,26H,11,13H2,1-2H3,(H,27,30)(H,28,29,31). The number of nitrogens with one attached hydrogen (secondary N) is 3. The highest BCUT2D eigenvalue weighted by Gasteiger charge is 2.16. The van der Waals surface area contributed by atoms with E-state index in [1.807, 2.05) is 54.7 Å². The van der Waals surface area contributed by atoms with Crippen LogP contribution in [0.3, 0.4) is 0 Å². The molecular formula is C24H24ClN5O2. The number of hydrogen-bond donors (Lipinski definition) is 3. The van der Waals surface area contributed by atoms with Crippen LogP contribution in [-0.2, 0) is 13.0 Å². The van der Waals surface area contributed by atoms with Crippen molar-refractivity contribution in [2.24, 2.45) is 0 Å². The molecule has 4 aromatic rings. The van der Waals surface area contributed by atoms with Crippen molar-refractivity contribution in [2.75, 3.05) is 7.11 Å². The molecule has 0 bridgehead atoms. The van der Waals surface area contributed by atoms with Crippen molar-refractivity contribution in [3.05, 3.63) is 98.8 Å². The second-order valence-corrected chi connectivity index (χ2v) is 7.95. The SMILES string of the molecule is COc1cccc(-c2[nH]ncc2CNC(Cc2cc(=O)[nH]c(C)n2)c2ccc(Cl)cc2)c1. The first kappa shape index (κ1) is 21.8. The minimum Gasteiger partial charge on any atom is -0.497 e. The number of rotatable bonds is 8. The molecule has 0 aliphatic rings. The van der Waals surface area contributed by atoms with Crippen molar-refractivity contribution >= 4 is 11.6 Å². The van der Waals surface area contributed by atoms with Crippen molar-refractivity contribution in [3.63, 3.8) is 0 Å². The fourth-order valence-electron chi connectivity index (χ4n) is 3.66. The number of ether oxygens (including phenoxy) is 1. The van der Waals surface area contributed by atoms with Crippen LogP contribution in [-0.4, -0.2) is 27.3 Å². The quantitative estimate of drug-likeness (QED) is 0.374. The number of nitrogens with zero attached hydrogens (tertiary/aromatic N) is 2. The lowest BCUT2D eigenvalue weighted by Crippen LogP contribution is -2.24. The summed E-state index contributed by atoms with van der Waals surface area (Å²) in [5, 5.41) is 11.6. The smallest absolute Gasteiger partial charge is 0.251 e. The molecule has 2 aromatic heterocycles. The minimum atomic E-state index is -0.155. The van der Waals surface area contributed by atoms with Crippen LogP contribution in [0.15, 0.2) is 65.6 Å². The molecule has 2 heterocycles. The Kier molecular flexibility index (Phi) is 6.68. The first-order chi connectivity index (χ1) is 15.5. The Balaban J connectivity index is 1.59. The van der Waals surface area contributed by atoms with Gasteiger partial charge in [0.05, 0.1) is 19.0 Å². The van der Waals surface area contributed by atoms with E-state index in [0.717, 1.165) is 33.8 Å². The van der Waals surface area contributed by atoms with E-state index in [1.54, 1.807) is 14.0 Å². The second-order valence-electron chi connectivity index (χ2n) is 7.51. The zero-order valence-corrected chi connectivity index (χ0v) is 18.6. The van der Waals surface area contributed by atoms with Gasteiger partial charge in [0.25, 0.3) is 5.56 Å². The zero-order chi connectivity index (χ0) is 22.5. The lowest BCUT2D eigenvalue weighted by Gasteiger charge is -2.19. The molecule has 2 aromatic carbocycles. The van der Waals surface area contributed by atoms with Gasteiger partial charge in [-0.1, -0.05) is 35.9 Å². The van der Waals surface area contributed by atoms with Gasteiger partial charge in [-0.2, -0.15) is 5.10 Å². The Bertz CT molecular complexity index is 1250. The summed E-state index contributed by atoms with van der Waals surface area (Å²) in [6, 6.07) is 17.0. The van der Waals surface area contributed by atoms with E-state index in [-0.39, 0.29) is 11.6 Å². The molecule has 164 valence electrons. The zero-order valence-electron chi connectivity index (χ0n) is 17.9. The fourth-order valence-corrected chi connectivity index (χ4v) is 3.79. The monoisotopic (exact) mass is 449 g/mol. The molecule has 0 aliphatic carbocycles. The Morgan fingerprint density at radius 3 is 2.72 bits per heavy atom. The van der Waals surface area contributed by atoms with Crippen molar-refractivity contribution < 1.29 is 4.74 Å². The maximum absolute atomic E-state index is 11.9. The molecule has 1 atom stereocenters. The molecule has 0 amide bonds. The van der Waals surface area contributed by atoms with Gasteiger partial charge in [0, 0.05) is 46.9 Å². The van der Waals surface area contributed by atoms with E-state index in [0.29, 0.717) is 23.8 Å². The predicted molar refractivity (Wildman–Crippen MR) is 125 cm³/mol. The number of aromatic nitrogens is 4. The van der Waals surface area contributed by atoms with Crippen molar-refractivity contribution in [1.29, 1.82) is 0 Å². The van der Waals surface area contributed by atoms with E-state index in [9.17, 15) is 4.79 Å². The highest BCUT2D eigenvalue weighted by Crippen LogP contribution is 2.26. The fraction of sp³-hybridized carbons (Fsp3) is 0.208. The highest BCUT2D eigenvalue weighted by atomic mass is 35.5. The minimum absolute atomic E-state index is 0.0750. The summed E-state index contributed by atoms with van der Waals surface area (Å²) in [5.74, 6) is 1.38. The summed E-state index contributed by atoms with van der Waals surface area (Å²) in [6.45, 7) is 2.35. The number of H-pyrrole nitrogens is 2. The van der Waals surface area contributed by atoms with Gasteiger partial charge in [-0.15, -0.1) is 0 Å². The van der Waals surface area contributed by atoms with Gasteiger partial charge in [0.1, 0.15) is 11.6 Å². The highest BCUT2D eigenvalue weighted by molar-refractivity contribution is 6.30. The number of methoxy groups -OCH3 is 1. The van der Waals surface area contributed by atoms with E-state index in [1.165, 1.54) is 6.07 Å². The molecule has 0 saturated heterocycles. The summed E-state index contributed by atoms with van der Waals surface area (Å²) in [5.41, 5.74) is 4.56. The maximum atomic E-state index is 11.9. The van der Waals surface area contributed by atoms with Crippen LogP contribution in [0.2, 0.25) is 5.02 Å². The number of aromatic amines is 2. The van der Waals surface area contributed by atoms with Crippen molar-refractivity contribution in [2.45, 2.75) is 25.9 Å². The Morgan fingerprint density at radius 2 is 1.97 bits per heavy atom. The van der Waals surface area contributed by atoms with Gasteiger partial charge >= 0.3 is 0 Å². The topological polar surface area (TPSA) is 95.7 Å². The van der Waals surface area contributed by atoms with E-state index < -0.39 is 0 Å². The first-order valence-corrected chi connectivity index (χ1v) is 10.6. The number of benzene rings is 2.